The van der Waals surface area contributed by atoms with Gasteiger partial charge in [0, 0.05) is 18.3 Å². The van der Waals surface area contributed by atoms with E-state index in [0.717, 1.165) is 47.3 Å². The molecule has 150 valence electrons. The van der Waals surface area contributed by atoms with E-state index in [9.17, 15) is 0 Å². The van der Waals surface area contributed by atoms with Gasteiger partial charge in [-0.3, -0.25) is 4.98 Å². The van der Waals surface area contributed by atoms with Gasteiger partial charge in [0.25, 0.3) is 0 Å². The maximum atomic E-state index is 6.29. The first kappa shape index (κ1) is 20.2. The highest BCUT2D eigenvalue weighted by molar-refractivity contribution is 7.80. The number of nitrogens with one attached hydrogen (secondary N) is 1. The predicted octanol–water partition coefficient (Wildman–Crippen LogP) is 6.42. The van der Waals surface area contributed by atoms with Crippen molar-refractivity contribution in [2.45, 2.75) is 31.8 Å². The second-order valence-electron chi connectivity index (χ2n) is 7.00. The Kier molecular flexibility index (Phi) is 6.09. The van der Waals surface area contributed by atoms with Crippen LogP contribution < -0.4 is 5.32 Å². The number of hydrogen-bond donors (Lipinski definition) is 1. The molecule has 4 nitrogen and oxygen atoms in total. The van der Waals surface area contributed by atoms with Crippen LogP contribution in [0.3, 0.4) is 0 Å². The molecule has 0 bridgehead atoms. The summed E-state index contributed by atoms with van der Waals surface area (Å²) in [6.07, 6.45) is 3.94. The third kappa shape index (κ3) is 4.13. The lowest BCUT2D eigenvalue weighted by Crippen LogP contribution is -2.30. The third-order valence-electron chi connectivity index (χ3n) is 5.07. The fraction of sp³-hybridized carbons (Fsp3) is 0.273. The van der Waals surface area contributed by atoms with Gasteiger partial charge in [0.1, 0.15) is 17.6 Å². The number of aromatic nitrogens is 1. The monoisotopic (exact) mass is 445 g/mol. The van der Waals surface area contributed by atoms with Crippen molar-refractivity contribution in [2.75, 3.05) is 6.54 Å². The van der Waals surface area contributed by atoms with Crippen LogP contribution in [0.2, 0.25) is 10.0 Å². The molecule has 1 aliphatic rings. The standard InChI is InChI=1S/C22H21Cl2N3OS/c1-2-3-12-27-21(20(26-22(27)29)17-6-4-5-11-25-17)19-10-9-18(28-19)14-7-8-15(23)16(24)13-14/h4-11,13,20-21H,2-3,12H2,1H3,(H,26,29)/t20-,21+/m1/s1. The number of nitrogens with zero attached hydrogens (tertiary/aromatic N) is 2. The zero-order valence-electron chi connectivity index (χ0n) is 15.9. The Hall–Kier alpha value is -2.08. The second kappa shape index (κ2) is 8.74. The van der Waals surface area contributed by atoms with E-state index in [2.05, 4.69) is 22.1 Å². The number of benzene rings is 1. The Labute approximate surface area is 185 Å². The Morgan fingerprint density at radius 3 is 2.72 bits per heavy atom. The van der Waals surface area contributed by atoms with Gasteiger partial charge >= 0.3 is 0 Å². The molecule has 0 unspecified atom stereocenters. The van der Waals surface area contributed by atoms with E-state index in [1.807, 2.05) is 42.5 Å². The number of halogens is 2. The van der Waals surface area contributed by atoms with Crippen molar-refractivity contribution in [3.63, 3.8) is 0 Å². The molecular formula is C22H21Cl2N3OS. The molecule has 0 saturated carbocycles. The van der Waals surface area contributed by atoms with Crippen molar-refractivity contribution in [3.05, 3.63) is 76.2 Å². The second-order valence-corrected chi connectivity index (χ2v) is 8.21. The molecule has 2 aromatic heterocycles. The van der Waals surface area contributed by atoms with Gasteiger partial charge in [0.15, 0.2) is 5.11 Å². The maximum absolute atomic E-state index is 6.29. The molecule has 29 heavy (non-hydrogen) atoms. The van der Waals surface area contributed by atoms with E-state index >= 15 is 0 Å². The van der Waals surface area contributed by atoms with E-state index in [-0.39, 0.29) is 12.1 Å². The fourth-order valence-electron chi connectivity index (χ4n) is 3.60. The van der Waals surface area contributed by atoms with E-state index in [0.29, 0.717) is 10.0 Å². The number of rotatable bonds is 6. The van der Waals surface area contributed by atoms with Crippen molar-refractivity contribution in [1.29, 1.82) is 0 Å². The van der Waals surface area contributed by atoms with Gasteiger partial charge in [-0.05, 0) is 61.1 Å². The molecule has 2 atom stereocenters. The van der Waals surface area contributed by atoms with Crippen LogP contribution in [-0.2, 0) is 0 Å². The smallest absolute Gasteiger partial charge is 0.170 e. The zero-order valence-corrected chi connectivity index (χ0v) is 18.3. The molecular weight excluding hydrogens is 425 g/mol. The summed E-state index contributed by atoms with van der Waals surface area (Å²) < 4.78 is 6.29. The number of thiocarbonyl (C=S) groups is 1. The van der Waals surface area contributed by atoms with Crippen LogP contribution in [-0.4, -0.2) is 21.5 Å². The third-order valence-corrected chi connectivity index (χ3v) is 6.16. The van der Waals surface area contributed by atoms with Crippen LogP contribution in [0.5, 0.6) is 0 Å². The van der Waals surface area contributed by atoms with E-state index in [4.69, 9.17) is 39.8 Å². The normalized spacial score (nSPS) is 18.9. The van der Waals surface area contributed by atoms with E-state index in [1.54, 1.807) is 12.3 Å². The lowest BCUT2D eigenvalue weighted by molar-refractivity contribution is 0.271. The van der Waals surface area contributed by atoms with Crippen molar-refractivity contribution < 1.29 is 4.42 Å². The predicted molar refractivity (Wildman–Crippen MR) is 121 cm³/mol. The van der Waals surface area contributed by atoms with Gasteiger partial charge in [-0.2, -0.15) is 0 Å². The average Bonchev–Trinajstić information content (AvgIpc) is 3.34. The highest BCUT2D eigenvalue weighted by Crippen LogP contribution is 2.41. The maximum Gasteiger partial charge on any atom is 0.170 e. The lowest BCUT2D eigenvalue weighted by atomic mass is 10.0. The number of unbranched alkanes of at least 4 members (excludes halogenated alkanes) is 1. The number of pyridine rings is 1. The van der Waals surface area contributed by atoms with Crippen LogP contribution in [0.25, 0.3) is 11.3 Å². The Balaban J connectivity index is 1.71. The van der Waals surface area contributed by atoms with Crippen molar-refractivity contribution in [1.82, 2.24) is 15.2 Å². The molecule has 3 aromatic rings. The molecule has 1 N–H and O–H groups in total. The average molecular weight is 446 g/mol. The van der Waals surface area contributed by atoms with Crippen molar-refractivity contribution in [3.8, 4) is 11.3 Å². The largest absolute Gasteiger partial charge is 0.459 e. The Bertz CT molecular complexity index is 1010. The summed E-state index contributed by atoms with van der Waals surface area (Å²) in [5, 5.41) is 5.19. The van der Waals surface area contributed by atoms with Crippen LogP contribution in [0, 0.1) is 0 Å². The lowest BCUT2D eigenvalue weighted by Gasteiger charge is -2.25. The van der Waals surface area contributed by atoms with Crippen LogP contribution in [0.1, 0.15) is 43.3 Å². The molecule has 1 fully saturated rings. The first-order valence-electron chi connectivity index (χ1n) is 9.61. The fourth-order valence-corrected chi connectivity index (χ4v) is 4.23. The van der Waals surface area contributed by atoms with Gasteiger partial charge in [-0.15, -0.1) is 0 Å². The minimum absolute atomic E-state index is 0.0690. The molecule has 0 radical (unpaired) electrons. The highest BCUT2D eigenvalue weighted by Gasteiger charge is 2.41. The van der Waals surface area contributed by atoms with E-state index in [1.165, 1.54) is 0 Å². The molecule has 0 amide bonds. The van der Waals surface area contributed by atoms with E-state index < -0.39 is 0 Å². The van der Waals surface area contributed by atoms with Crippen molar-refractivity contribution in [2.24, 2.45) is 0 Å². The number of hydrogen-bond acceptors (Lipinski definition) is 3. The molecule has 1 saturated heterocycles. The summed E-state index contributed by atoms with van der Waals surface area (Å²) in [6, 6.07) is 15.2. The first-order valence-corrected chi connectivity index (χ1v) is 10.8. The van der Waals surface area contributed by atoms with Crippen molar-refractivity contribution >= 4 is 40.5 Å². The quantitative estimate of drug-likeness (QED) is 0.443. The number of furan rings is 1. The SMILES string of the molecule is CCCCN1C(=S)N[C@H](c2ccccn2)[C@@H]1c1ccc(-c2ccc(Cl)c(Cl)c2)o1. The van der Waals surface area contributed by atoms with Crippen LogP contribution >= 0.6 is 35.4 Å². The molecule has 1 aromatic carbocycles. The first-order chi connectivity index (χ1) is 14.1. The van der Waals surface area contributed by atoms with Gasteiger partial charge < -0.3 is 14.6 Å². The van der Waals surface area contributed by atoms with Crippen LogP contribution in [0.4, 0.5) is 0 Å². The molecule has 0 spiro atoms. The minimum atomic E-state index is -0.0756. The van der Waals surface area contributed by atoms with Gasteiger partial charge in [0.05, 0.1) is 21.8 Å². The Morgan fingerprint density at radius 2 is 2.00 bits per heavy atom. The molecule has 1 aliphatic heterocycles. The highest BCUT2D eigenvalue weighted by atomic mass is 35.5. The van der Waals surface area contributed by atoms with Crippen LogP contribution in [0.15, 0.2) is 59.1 Å². The van der Waals surface area contributed by atoms with Gasteiger partial charge in [-0.1, -0.05) is 42.6 Å². The van der Waals surface area contributed by atoms with Gasteiger partial charge in [0.2, 0.25) is 0 Å². The molecule has 0 aliphatic carbocycles. The summed E-state index contributed by atoms with van der Waals surface area (Å²) >= 11 is 17.9. The summed E-state index contributed by atoms with van der Waals surface area (Å²) in [7, 11) is 0. The zero-order chi connectivity index (χ0) is 20.4. The topological polar surface area (TPSA) is 41.3 Å². The van der Waals surface area contributed by atoms with Gasteiger partial charge in [-0.25, -0.2) is 0 Å². The summed E-state index contributed by atoms with van der Waals surface area (Å²) in [6.45, 7) is 3.03. The summed E-state index contributed by atoms with van der Waals surface area (Å²) in [4.78, 5) is 6.75. The molecule has 7 heteroatoms. The molecule has 3 heterocycles. The minimum Gasteiger partial charge on any atom is -0.459 e. The molecule has 4 rings (SSSR count). The summed E-state index contributed by atoms with van der Waals surface area (Å²) in [5.74, 6) is 1.58. The Morgan fingerprint density at radius 1 is 1.14 bits per heavy atom. The summed E-state index contributed by atoms with van der Waals surface area (Å²) in [5.41, 5.74) is 1.82.